The summed E-state index contributed by atoms with van der Waals surface area (Å²) >= 11 is 6.22. The first-order valence-electron chi connectivity index (χ1n) is 5.59. The largest absolute Gasteiger partial charge is 0.298 e. The van der Waals surface area contributed by atoms with Gasteiger partial charge in [-0.15, -0.1) is 0 Å². The average Bonchev–Trinajstić information content (AvgIpc) is 2.80. The lowest BCUT2D eigenvalue weighted by Gasteiger charge is -2.20. The van der Waals surface area contributed by atoms with Crippen LogP contribution in [0.5, 0.6) is 0 Å². The fourth-order valence-electron chi connectivity index (χ4n) is 1.75. The van der Waals surface area contributed by atoms with Crippen molar-refractivity contribution in [2.24, 2.45) is 7.05 Å². The van der Waals surface area contributed by atoms with Crippen LogP contribution < -0.4 is 0 Å². The normalized spacial score (nSPS) is 11.8. The van der Waals surface area contributed by atoms with Gasteiger partial charge in [0.1, 0.15) is 10.8 Å². The van der Waals surface area contributed by atoms with E-state index in [4.69, 9.17) is 11.6 Å². The maximum absolute atomic E-state index is 11.2. The molecule has 2 rings (SSSR count). The molecule has 0 atom stereocenters. The van der Waals surface area contributed by atoms with Crippen molar-refractivity contribution in [3.8, 4) is 11.4 Å². The lowest BCUT2D eigenvalue weighted by molar-refractivity contribution is 0.112. The Balaban J connectivity index is 2.70. The van der Waals surface area contributed by atoms with E-state index in [1.54, 1.807) is 28.7 Å². The summed E-state index contributed by atoms with van der Waals surface area (Å²) in [6, 6.07) is 1.80. The minimum atomic E-state index is -0.286. The maximum Gasteiger partial charge on any atom is 0.155 e. The molecule has 0 spiro atoms. The zero-order chi connectivity index (χ0) is 13.5. The zero-order valence-corrected chi connectivity index (χ0v) is 11.6. The molecule has 0 aromatic carbocycles. The lowest BCUT2D eigenvalue weighted by atomic mass is 10.1. The number of carbonyl (C=O) groups is 1. The van der Waals surface area contributed by atoms with E-state index in [9.17, 15) is 4.79 Å². The Bertz CT molecular complexity index is 592. The third-order valence-corrected chi connectivity index (χ3v) is 3.04. The highest BCUT2D eigenvalue weighted by Gasteiger charge is 2.25. The van der Waals surface area contributed by atoms with Crippen LogP contribution in [-0.4, -0.2) is 25.8 Å². The van der Waals surface area contributed by atoms with Crippen molar-refractivity contribution in [2.75, 3.05) is 0 Å². The van der Waals surface area contributed by atoms with Crippen molar-refractivity contribution < 1.29 is 4.79 Å². The summed E-state index contributed by atoms with van der Waals surface area (Å²) in [7, 11) is 1.80. The summed E-state index contributed by atoms with van der Waals surface area (Å²) in [6.07, 6.45) is 2.40. The second-order valence-electron chi connectivity index (χ2n) is 5.09. The molecule has 0 bridgehead atoms. The Hall–Kier alpha value is -1.62. The number of aryl methyl sites for hydroxylation is 1. The van der Waals surface area contributed by atoms with Crippen LogP contribution in [0.4, 0.5) is 0 Å². The smallest absolute Gasteiger partial charge is 0.155 e. The van der Waals surface area contributed by atoms with Crippen LogP contribution in [0.25, 0.3) is 11.4 Å². The number of aldehydes is 1. The van der Waals surface area contributed by atoms with Crippen LogP contribution in [0.15, 0.2) is 12.3 Å². The summed E-state index contributed by atoms with van der Waals surface area (Å²) in [5.41, 5.74) is 1.44. The summed E-state index contributed by atoms with van der Waals surface area (Å²) < 4.78 is 3.32. The van der Waals surface area contributed by atoms with Gasteiger partial charge in [-0.25, -0.2) is 4.68 Å². The minimum Gasteiger partial charge on any atom is -0.298 e. The molecule has 5 nitrogen and oxygen atoms in total. The molecule has 2 aromatic heterocycles. The fraction of sp³-hybridized carbons (Fsp3) is 0.417. The van der Waals surface area contributed by atoms with E-state index in [1.165, 1.54) is 0 Å². The van der Waals surface area contributed by atoms with Gasteiger partial charge < -0.3 is 0 Å². The predicted octanol–water partition coefficient (Wildman–Crippen LogP) is 2.50. The molecule has 0 fully saturated rings. The van der Waals surface area contributed by atoms with Crippen molar-refractivity contribution >= 4 is 17.9 Å². The van der Waals surface area contributed by atoms with Gasteiger partial charge in [0.05, 0.1) is 16.8 Å². The predicted molar refractivity (Wildman–Crippen MR) is 69.8 cm³/mol. The first-order valence-corrected chi connectivity index (χ1v) is 5.96. The molecule has 96 valence electrons. The molecular weight excluding hydrogens is 252 g/mol. The summed E-state index contributed by atoms with van der Waals surface area (Å²) in [5.74, 6) is 0. The van der Waals surface area contributed by atoms with Gasteiger partial charge in [0, 0.05) is 13.2 Å². The van der Waals surface area contributed by atoms with E-state index in [1.807, 2.05) is 20.8 Å². The highest BCUT2D eigenvalue weighted by Crippen LogP contribution is 2.30. The minimum absolute atomic E-state index is 0.286. The molecule has 0 aliphatic rings. The van der Waals surface area contributed by atoms with Gasteiger partial charge in [0.15, 0.2) is 6.29 Å². The number of halogens is 1. The Labute approximate surface area is 110 Å². The average molecular weight is 267 g/mol. The van der Waals surface area contributed by atoms with Crippen molar-refractivity contribution in [2.45, 2.75) is 26.3 Å². The molecular formula is C12H15ClN4O. The Morgan fingerprint density at radius 1 is 1.39 bits per heavy atom. The first-order chi connectivity index (χ1) is 8.36. The molecule has 0 aliphatic heterocycles. The van der Waals surface area contributed by atoms with E-state index in [0.717, 1.165) is 12.0 Å². The number of rotatable bonds is 2. The molecule has 0 amide bonds. The molecule has 0 radical (unpaired) electrons. The lowest BCUT2D eigenvalue weighted by Crippen LogP contribution is -2.23. The first kappa shape index (κ1) is 12.8. The van der Waals surface area contributed by atoms with Crippen molar-refractivity contribution in [1.82, 2.24) is 19.6 Å². The Morgan fingerprint density at radius 3 is 2.50 bits per heavy atom. The van der Waals surface area contributed by atoms with Crippen LogP contribution in [-0.2, 0) is 12.6 Å². The number of hydrogen-bond donors (Lipinski definition) is 0. The standard InChI is InChI=1S/C12H15ClN4O/c1-12(2,3)17-11(13)8(7-18)10(15-17)9-5-6-14-16(9)4/h5-7H,1-4H3. The SMILES string of the molecule is Cn1nccc1-c1nn(C(C)(C)C)c(Cl)c1C=O. The Kier molecular flexibility index (Phi) is 3.02. The molecule has 18 heavy (non-hydrogen) atoms. The number of aromatic nitrogens is 4. The fourth-order valence-corrected chi connectivity index (χ4v) is 2.18. The van der Waals surface area contributed by atoms with Gasteiger partial charge in [0.2, 0.25) is 0 Å². The van der Waals surface area contributed by atoms with Crippen molar-refractivity contribution in [3.63, 3.8) is 0 Å². The van der Waals surface area contributed by atoms with E-state index in [2.05, 4.69) is 10.2 Å². The summed E-state index contributed by atoms with van der Waals surface area (Å²) in [5, 5.41) is 8.88. The van der Waals surface area contributed by atoms with E-state index in [-0.39, 0.29) is 5.54 Å². The van der Waals surface area contributed by atoms with Gasteiger partial charge in [-0.1, -0.05) is 11.6 Å². The topological polar surface area (TPSA) is 52.7 Å². The second-order valence-corrected chi connectivity index (χ2v) is 5.45. The molecule has 2 heterocycles. The molecule has 0 unspecified atom stereocenters. The van der Waals surface area contributed by atoms with Crippen LogP contribution in [0.3, 0.4) is 0 Å². The van der Waals surface area contributed by atoms with E-state index < -0.39 is 0 Å². The molecule has 0 N–H and O–H groups in total. The van der Waals surface area contributed by atoms with E-state index in [0.29, 0.717) is 16.4 Å². The van der Waals surface area contributed by atoms with Gasteiger partial charge in [-0.2, -0.15) is 10.2 Å². The molecule has 0 saturated heterocycles. The summed E-state index contributed by atoms with van der Waals surface area (Å²) in [6.45, 7) is 5.94. The zero-order valence-electron chi connectivity index (χ0n) is 10.8. The number of nitrogens with zero attached hydrogens (tertiary/aromatic N) is 4. The third-order valence-electron chi connectivity index (χ3n) is 2.68. The van der Waals surface area contributed by atoms with Gasteiger partial charge >= 0.3 is 0 Å². The monoisotopic (exact) mass is 266 g/mol. The number of carbonyl (C=O) groups excluding carboxylic acids is 1. The highest BCUT2D eigenvalue weighted by molar-refractivity contribution is 6.32. The van der Waals surface area contributed by atoms with Crippen LogP contribution in [0.2, 0.25) is 5.15 Å². The van der Waals surface area contributed by atoms with Crippen LogP contribution in [0.1, 0.15) is 31.1 Å². The Morgan fingerprint density at radius 2 is 2.06 bits per heavy atom. The van der Waals surface area contributed by atoms with Crippen molar-refractivity contribution in [1.29, 1.82) is 0 Å². The van der Waals surface area contributed by atoms with Crippen molar-refractivity contribution in [3.05, 3.63) is 23.0 Å². The van der Waals surface area contributed by atoms with Gasteiger partial charge in [0.25, 0.3) is 0 Å². The third kappa shape index (κ3) is 1.95. The van der Waals surface area contributed by atoms with Crippen LogP contribution in [0, 0.1) is 0 Å². The maximum atomic E-state index is 11.2. The van der Waals surface area contributed by atoms with Crippen LogP contribution >= 0.6 is 11.6 Å². The number of hydrogen-bond acceptors (Lipinski definition) is 3. The quantitative estimate of drug-likeness (QED) is 0.785. The molecule has 0 aliphatic carbocycles. The molecule has 6 heteroatoms. The second kappa shape index (κ2) is 4.24. The van der Waals surface area contributed by atoms with Gasteiger partial charge in [-0.05, 0) is 26.8 Å². The molecule has 2 aromatic rings. The molecule has 0 saturated carbocycles. The summed E-state index contributed by atoms with van der Waals surface area (Å²) in [4.78, 5) is 11.2. The van der Waals surface area contributed by atoms with E-state index >= 15 is 0 Å². The highest BCUT2D eigenvalue weighted by atomic mass is 35.5. The van der Waals surface area contributed by atoms with Gasteiger partial charge in [-0.3, -0.25) is 9.48 Å².